The first kappa shape index (κ1) is 24.7. The SMILES string of the molecule is C[C@]1(CC(S(=O)(=O)c2ccccc2)S(=O)(=O)c2ccccc2)N=C(c2ccc(F)cc2F)OC1=O. The highest BCUT2D eigenvalue weighted by atomic mass is 32.3. The van der Waals surface area contributed by atoms with E-state index >= 15 is 0 Å². The molecule has 0 fully saturated rings. The van der Waals surface area contributed by atoms with Crippen LogP contribution in [0, 0.1) is 11.6 Å². The van der Waals surface area contributed by atoms with E-state index in [1.165, 1.54) is 55.5 Å². The molecular formula is C24H19F2NO6S2. The van der Waals surface area contributed by atoms with Crippen molar-refractivity contribution in [3.63, 3.8) is 0 Å². The molecule has 35 heavy (non-hydrogen) atoms. The smallest absolute Gasteiger partial charge is 0.340 e. The van der Waals surface area contributed by atoms with Crippen LogP contribution in [0.4, 0.5) is 8.78 Å². The van der Waals surface area contributed by atoms with Crippen molar-refractivity contribution in [2.24, 2.45) is 4.99 Å². The van der Waals surface area contributed by atoms with Gasteiger partial charge in [0.1, 0.15) is 11.6 Å². The number of benzene rings is 3. The second-order valence-electron chi connectivity index (χ2n) is 8.05. The fourth-order valence-electron chi connectivity index (χ4n) is 3.63. The highest BCUT2D eigenvalue weighted by molar-refractivity contribution is 8.09. The van der Waals surface area contributed by atoms with Gasteiger partial charge in [0, 0.05) is 12.5 Å². The number of cyclic esters (lactones) is 1. The van der Waals surface area contributed by atoms with Crippen LogP contribution >= 0.6 is 0 Å². The molecule has 1 atom stereocenters. The lowest BCUT2D eigenvalue weighted by Crippen LogP contribution is -2.41. The molecule has 0 amide bonds. The minimum Gasteiger partial charge on any atom is -0.405 e. The van der Waals surface area contributed by atoms with Crippen molar-refractivity contribution >= 4 is 31.5 Å². The third-order valence-corrected chi connectivity index (χ3v) is 10.6. The molecule has 3 aromatic rings. The monoisotopic (exact) mass is 519 g/mol. The quantitative estimate of drug-likeness (QED) is 0.441. The summed E-state index contributed by atoms with van der Waals surface area (Å²) in [6, 6.07) is 16.4. The number of halogens is 2. The maximum absolute atomic E-state index is 14.3. The lowest BCUT2D eigenvalue weighted by atomic mass is 10.0. The Kier molecular flexibility index (Phi) is 6.32. The number of rotatable bonds is 7. The summed E-state index contributed by atoms with van der Waals surface area (Å²) < 4.78 is 84.7. The number of hydrogen-bond donors (Lipinski definition) is 0. The van der Waals surface area contributed by atoms with Crippen LogP contribution in [0.15, 0.2) is 93.6 Å². The van der Waals surface area contributed by atoms with E-state index < -0.39 is 59.7 Å². The number of sulfone groups is 2. The second-order valence-corrected chi connectivity index (χ2v) is 12.6. The van der Waals surface area contributed by atoms with Gasteiger partial charge in [0.05, 0.1) is 15.4 Å². The summed E-state index contributed by atoms with van der Waals surface area (Å²) in [4.78, 5) is 16.4. The van der Waals surface area contributed by atoms with Gasteiger partial charge in [-0.25, -0.2) is 35.4 Å². The number of ether oxygens (including phenoxy) is 1. The number of nitrogens with zero attached hydrogens (tertiary/aromatic N) is 1. The van der Waals surface area contributed by atoms with Gasteiger partial charge in [-0.3, -0.25) is 0 Å². The summed E-state index contributed by atoms with van der Waals surface area (Å²) >= 11 is 0. The second kappa shape index (κ2) is 8.97. The molecule has 1 heterocycles. The Morgan fingerprint density at radius 1 is 0.857 bits per heavy atom. The van der Waals surface area contributed by atoms with E-state index in [1.807, 2.05) is 0 Å². The predicted octanol–water partition coefficient (Wildman–Crippen LogP) is 3.69. The van der Waals surface area contributed by atoms with E-state index in [9.17, 15) is 30.4 Å². The largest absolute Gasteiger partial charge is 0.405 e. The number of esters is 1. The minimum absolute atomic E-state index is 0.256. The molecular weight excluding hydrogens is 500 g/mol. The number of hydrogen-bond acceptors (Lipinski definition) is 7. The van der Waals surface area contributed by atoms with Crippen molar-refractivity contribution in [3.05, 3.63) is 96.1 Å². The summed E-state index contributed by atoms with van der Waals surface area (Å²) in [5.41, 5.74) is -2.30. The molecule has 0 saturated carbocycles. The van der Waals surface area contributed by atoms with E-state index in [-0.39, 0.29) is 15.4 Å². The van der Waals surface area contributed by atoms with Crippen molar-refractivity contribution < 1.29 is 35.1 Å². The summed E-state index contributed by atoms with van der Waals surface area (Å²) in [5.74, 6) is -3.47. The zero-order valence-corrected chi connectivity index (χ0v) is 19.9. The van der Waals surface area contributed by atoms with Crippen LogP contribution in [-0.4, -0.2) is 38.8 Å². The summed E-state index contributed by atoms with van der Waals surface area (Å²) in [6.07, 6.45) is -0.799. The molecule has 0 N–H and O–H groups in total. The fourth-order valence-corrected chi connectivity index (χ4v) is 8.40. The number of aliphatic imine (C=N–C) groups is 1. The van der Waals surface area contributed by atoms with E-state index in [0.29, 0.717) is 6.07 Å². The maximum atomic E-state index is 14.3. The van der Waals surface area contributed by atoms with Gasteiger partial charge < -0.3 is 4.74 Å². The van der Waals surface area contributed by atoms with Gasteiger partial charge in [-0.15, -0.1) is 0 Å². The number of carbonyl (C=O) groups is 1. The van der Waals surface area contributed by atoms with Crippen LogP contribution in [0.1, 0.15) is 18.9 Å². The Morgan fingerprint density at radius 2 is 1.37 bits per heavy atom. The highest BCUT2D eigenvalue weighted by Gasteiger charge is 2.51. The first-order valence-corrected chi connectivity index (χ1v) is 13.4. The Hall–Kier alpha value is -3.44. The van der Waals surface area contributed by atoms with Gasteiger partial charge in [0.15, 0.2) is 29.8 Å². The molecule has 1 aliphatic heterocycles. The standard InChI is InChI=1S/C24H19F2NO6S2/c1-24(23(28)33-22(27-24)19-13-12-16(25)14-20(19)26)15-21(34(29,30)17-8-4-2-5-9-17)35(31,32)18-10-6-3-7-11-18/h2-14,21H,15H2,1H3/t24-/m1/s1. The van der Waals surface area contributed by atoms with Gasteiger partial charge >= 0.3 is 5.97 Å². The van der Waals surface area contributed by atoms with Crippen LogP contribution < -0.4 is 0 Å². The van der Waals surface area contributed by atoms with Crippen molar-refractivity contribution in [1.82, 2.24) is 0 Å². The topological polar surface area (TPSA) is 107 Å². The maximum Gasteiger partial charge on any atom is 0.340 e. The van der Waals surface area contributed by atoms with Crippen LogP contribution in [0.25, 0.3) is 0 Å². The van der Waals surface area contributed by atoms with E-state index in [2.05, 4.69) is 4.99 Å². The molecule has 0 spiro atoms. The summed E-state index contributed by atoms with van der Waals surface area (Å²) in [5, 5.41) is 0. The van der Waals surface area contributed by atoms with E-state index in [4.69, 9.17) is 4.74 Å². The molecule has 0 bridgehead atoms. The molecule has 0 radical (unpaired) electrons. The van der Waals surface area contributed by atoms with Crippen LogP contribution in [0.2, 0.25) is 0 Å². The fraction of sp³-hybridized carbons (Fsp3) is 0.167. The number of carbonyl (C=O) groups excluding carboxylic acids is 1. The van der Waals surface area contributed by atoms with Gasteiger partial charge in [-0.05, 0) is 43.3 Å². The summed E-state index contributed by atoms with van der Waals surface area (Å²) in [7, 11) is -9.08. The molecule has 0 unspecified atom stereocenters. The minimum atomic E-state index is -4.54. The average molecular weight is 520 g/mol. The van der Waals surface area contributed by atoms with Crippen molar-refractivity contribution in [3.8, 4) is 0 Å². The van der Waals surface area contributed by atoms with Gasteiger partial charge in [-0.1, -0.05) is 36.4 Å². The molecule has 0 aliphatic carbocycles. The first-order valence-electron chi connectivity index (χ1n) is 10.3. The first-order chi connectivity index (χ1) is 16.4. The third kappa shape index (κ3) is 4.61. The van der Waals surface area contributed by atoms with Crippen molar-refractivity contribution in [2.45, 2.75) is 33.3 Å². The van der Waals surface area contributed by atoms with Crippen LogP contribution in [-0.2, 0) is 29.2 Å². The van der Waals surface area contributed by atoms with Gasteiger partial charge in [0.2, 0.25) is 5.90 Å². The molecule has 4 rings (SSSR count). The Morgan fingerprint density at radius 3 is 1.86 bits per heavy atom. The average Bonchev–Trinajstić information content (AvgIpc) is 3.12. The van der Waals surface area contributed by atoms with Crippen LogP contribution in [0.5, 0.6) is 0 Å². The van der Waals surface area contributed by atoms with E-state index in [1.54, 1.807) is 12.1 Å². The molecule has 0 aromatic heterocycles. The van der Waals surface area contributed by atoms with Gasteiger partial charge in [0.25, 0.3) is 0 Å². The normalized spacial score (nSPS) is 18.4. The molecule has 0 saturated heterocycles. The van der Waals surface area contributed by atoms with Crippen LogP contribution in [0.3, 0.4) is 0 Å². The lowest BCUT2D eigenvalue weighted by Gasteiger charge is -2.24. The zero-order chi connectivity index (χ0) is 25.4. The van der Waals surface area contributed by atoms with Crippen molar-refractivity contribution in [1.29, 1.82) is 0 Å². The molecule has 3 aromatic carbocycles. The molecule has 7 nitrogen and oxygen atoms in total. The highest BCUT2D eigenvalue weighted by Crippen LogP contribution is 2.36. The Bertz CT molecular complexity index is 1460. The zero-order valence-electron chi connectivity index (χ0n) is 18.3. The van der Waals surface area contributed by atoms with Gasteiger partial charge in [-0.2, -0.15) is 0 Å². The summed E-state index contributed by atoms with van der Waals surface area (Å²) in [6.45, 7) is 1.21. The third-order valence-electron chi connectivity index (χ3n) is 5.54. The predicted molar refractivity (Wildman–Crippen MR) is 123 cm³/mol. The Labute approximate surface area is 200 Å². The van der Waals surface area contributed by atoms with E-state index in [0.717, 1.165) is 12.1 Å². The molecule has 11 heteroatoms. The lowest BCUT2D eigenvalue weighted by molar-refractivity contribution is -0.138. The molecule has 182 valence electrons. The van der Waals surface area contributed by atoms with Crippen molar-refractivity contribution in [2.75, 3.05) is 0 Å². The Balaban J connectivity index is 1.83. The molecule has 1 aliphatic rings.